The number of hydrogen-bond acceptors (Lipinski definition) is 1. The van der Waals surface area contributed by atoms with E-state index in [0.717, 1.165) is 23.6 Å². The highest BCUT2D eigenvalue weighted by Gasteiger charge is 2.38. The Kier molecular flexibility index (Phi) is 3.25. The van der Waals surface area contributed by atoms with E-state index in [9.17, 15) is 0 Å². The van der Waals surface area contributed by atoms with E-state index < -0.39 is 0 Å². The molecule has 2 heteroatoms. The third-order valence-electron chi connectivity index (χ3n) is 4.41. The summed E-state index contributed by atoms with van der Waals surface area (Å²) in [6.45, 7) is 6.46. The Labute approximate surface area is 125 Å². The molecule has 0 saturated carbocycles. The molecule has 2 aromatic carbocycles. The number of halogens is 1. The molecule has 104 valence electrons. The van der Waals surface area contributed by atoms with Crippen LogP contribution in [0.25, 0.3) is 11.1 Å². The van der Waals surface area contributed by atoms with E-state index in [2.05, 4.69) is 51.1 Å². The molecule has 2 aromatic rings. The van der Waals surface area contributed by atoms with E-state index in [-0.39, 0.29) is 5.60 Å². The summed E-state index contributed by atoms with van der Waals surface area (Å²) in [4.78, 5) is 0. The Morgan fingerprint density at radius 1 is 1.05 bits per heavy atom. The van der Waals surface area contributed by atoms with Gasteiger partial charge in [-0.3, -0.25) is 0 Å². The van der Waals surface area contributed by atoms with Crippen molar-refractivity contribution in [3.05, 3.63) is 52.5 Å². The van der Waals surface area contributed by atoms with Gasteiger partial charge in [-0.25, -0.2) is 0 Å². The van der Waals surface area contributed by atoms with Crippen LogP contribution in [0.3, 0.4) is 0 Å². The first-order valence-electron chi connectivity index (χ1n) is 7.20. The zero-order valence-corrected chi connectivity index (χ0v) is 12.9. The number of fused-ring (bicyclic) bond motifs is 3. The molecule has 0 radical (unpaired) electrons. The topological polar surface area (TPSA) is 9.23 Å². The van der Waals surface area contributed by atoms with Crippen molar-refractivity contribution < 1.29 is 4.74 Å². The maximum Gasteiger partial charge on any atom is 0.134 e. The number of rotatable bonds is 2. The van der Waals surface area contributed by atoms with Crippen LogP contribution in [-0.4, -0.2) is 0 Å². The van der Waals surface area contributed by atoms with Crippen molar-refractivity contribution in [2.45, 2.75) is 39.2 Å². The second kappa shape index (κ2) is 4.82. The quantitative estimate of drug-likeness (QED) is 0.686. The molecular formula is C18H19ClO. The molecule has 20 heavy (non-hydrogen) atoms. The van der Waals surface area contributed by atoms with Gasteiger partial charge in [-0.05, 0) is 43.0 Å². The smallest absolute Gasteiger partial charge is 0.134 e. The number of hydrogen-bond donors (Lipinski definition) is 0. The van der Waals surface area contributed by atoms with E-state index in [1.165, 1.54) is 22.3 Å². The largest absolute Gasteiger partial charge is 0.482 e. The molecule has 0 unspecified atom stereocenters. The molecule has 0 saturated heterocycles. The van der Waals surface area contributed by atoms with Crippen molar-refractivity contribution in [2.24, 2.45) is 0 Å². The fraction of sp³-hybridized carbons (Fsp3) is 0.333. The lowest BCUT2D eigenvalue weighted by Crippen LogP contribution is -2.35. The highest BCUT2D eigenvalue weighted by Crippen LogP contribution is 2.49. The lowest BCUT2D eigenvalue weighted by Gasteiger charge is -2.40. The number of ether oxygens (including phenoxy) is 1. The van der Waals surface area contributed by atoms with Crippen LogP contribution in [0, 0.1) is 6.92 Å². The van der Waals surface area contributed by atoms with Gasteiger partial charge >= 0.3 is 0 Å². The average molecular weight is 287 g/mol. The van der Waals surface area contributed by atoms with Gasteiger partial charge in [0.25, 0.3) is 0 Å². The van der Waals surface area contributed by atoms with Crippen molar-refractivity contribution >= 4 is 11.6 Å². The van der Waals surface area contributed by atoms with E-state index in [1.807, 2.05) is 6.07 Å². The van der Waals surface area contributed by atoms with Crippen molar-refractivity contribution in [3.63, 3.8) is 0 Å². The summed E-state index contributed by atoms with van der Waals surface area (Å²) < 4.78 is 6.47. The first-order valence-corrected chi connectivity index (χ1v) is 7.58. The van der Waals surface area contributed by atoms with Gasteiger partial charge in [-0.2, -0.15) is 0 Å². The minimum atomic E-state index is -0.265. The van der Waals surface area contributed by atoms with Crippen LogP contribution >= 0.6 is 11.6 Å². The molecule has 0 spiro atoms. The van der Waals surface area contributed by atoms with Gasteiger partial charge in [0.1, 0.15) is 11.4 Å². The van der Waals surface area contributed by atoms with Crippen LogP contribution in [0.2, 0.25) is 5.02 Å². The zero-order valence-electron chi connectivity index (χ0n) is 12.2. The van der Waals surface area contributed by atoms with Crippen molar-refractivity contribution in [2.75, 3.05) is 0 Å². The summed E-state index contributed by atoms with van der Waals surface area (Å²) in [7, 11) is 0. The lowest BCUT2D eigenvalue weighted by atomic mass is 9.80. The molecule has 0 aromatic heterocycles. The summed E-state index contributed by atoms with van der Waals surface area (Å²) in [5.74, 6) is 1.02. The van der Waals surface area contributed by atoms with Crippen LogP contribution in [0.1, 0.15) is 37.8 Å². The maximum absolute atomic E-state index is 6.47. The first-order chi connectivity index (χ1) is 9.61. The maximum atomic E-state index is 6.47. The van der Waals surface area contributed by atoms with E-state index in [1.54, 1.807) is 0 Å². The van der Waals surface area contributed by atoms with Crippen molar-refractivity contribution in [1.29, 1.82) is 0 Å². The Morgan fingerprint density at radius 2 is 1.80 bits per heavy atom. The van der Waals surface area contributed by atoms with Crippen LogP contribution in [0.4, 0.5) is 0 Å². The zero-order chi connectivity index (χ0) is 14.3. The van der Waals surface area contributed by atoms with Gasteiger partial charge < -0.3 is 4.74 Å². The minimum Gasteiger partial charge on any atom is -0.482 e. The molecule has 1 aliphatic rings. The third-order valence-corrected chi connectivity index (χ3v) is 4.65. The Hall–Kier alpha value is -1.47. The van der Waals surface area contributed by atoms with Crippen LogP contribution in [0.5, 0.6) is 5.75 Å². The average Bonchev–Trinajstić information content (AvgIpc) is 2.47. The predicted molar refractivity (Wildman–Crippen MR) is 84.5 cm³/mol. The lowest BCUT2D eigenvalue weighted by molar-refractivity contribution is 0.0538. The summed E-state index contributed by atoms with van der Waals surface area (Å²) >= 11 is 6.22. The van der Waals surface area contributed by atoms with E-state index in [4.69, 9.17) is 16.3 Å². The van der Waals surface area contributed by atoms with Gasteiger partial charge in [0.2, 0.25) is 0 Å². The van der Waals surface area contributed by atoms with E-state index in [0.29, 0.717) is 0 Å². The molecule has 3 rings (SSSR count). The van der Waals surface area contributed by atoms with Gasteiger partial charge in [0, 0.05) is 16.1 Å². The normalized spacial score (nSPS) is 15.2. The molecular weight excluding hydrogens is 268 g/mol. The Morgan fingerprint density at radius 3 is 2.50 bits per heavy atom. The first kappa shape index (κ1) is 13.5. The molecule has 0 amide bonds. The molecule has 0 aliphatic carbocycles. The second-order valence-corrected chi connectivity index (χ2v) is 5.88. The van der Waals surface area contributed by atoms with E-state index >= 15 is 0 Å². The summed E-state index contributed by atoms with van der Waals surface area (Å²) in [5.41, 5.74) is 4.57. The summed E-state index contributed by atoms with van der Waals surface area (Å²) in [5, 5.41) is 0.773. The monoisotopic (exact) mass is 286 g/mol. The highest BCUT2D eigenvalue weighted by atomic mass is 35.5. The molecule has 1 heterocycles. The molecule has 0 fully saturated rings. The van der Waals surface area contributed by atoms with Gasteiger partial charge in [0.15, 0.2) is 0 Å². The van der Waals surface area contributed by atoms with Crippen LogP contribution in [-0.2, 0) is 5.60 Å². The SMILES string of the molecule is CCC1(CC)Oc2c(C)cccc2-c2ccc(Cl)cc21. The minimum absolute atomic E-state index is 0.265. The van der Waals surface area contributed by atoms with Crippen LogP contribution < -0.4 is 4.74 Å². The molecule has 0 N–H and O–H groups in total. The van der Waals surface area contributed by atoms with Crippen molar-refractivity contribution in [1.82, 2.24) is 0 Å². The summed E-state index contributed by atoms with van der Waals surface area (Å²) in [6, 6.07) is 12.5. The number of para-hydroxylation sites is 1. The van der Waals surface area contributed by atoms with Gasteiger partial charge in [-0.15, -0.1) is 0 Å². The fourth-order valence-electron chi connectivity index (χ4n) is 3.15. The molecule has 1 nitrogen and oxygen atoms in total. The van der Waals surface area contributed by atoms with Crippen LogP contribution in [0.15, 0.2) is 36.4 Å². The number of benzene rings is 2. The Balaban J connectivity index is 2.34. The Bertz CT molecular complexity index is 656. The summed E-state index contributed by atoms with van der Waals surface area (Å²) in [6.07, 6.45) is 1.87. The fourth-order valence-corrected chi connectivity index (χ4v) is 3.33. The second-order valence-electron chi connectivity index (χ2n) is 5.44. The highest BCUT2D eigenvalue weighted by molar-refractivity contribution is 6.30. The van der Waals surface area contributed by atoms with Gasteiger partial charge in [-0.1, -0.05) is 49.7 Å². The standard InChI is InChI=1S/C18H19ClO/c1-4-18(5-2)16-11-13(19)9-10-14(16)15-8-6-7-12(3)17(15)20-18/h6-11H,4-5H2,1-3H3. The van der Waals surface area contributed by atoms with Gasteiger partial charge in [0.05, 0.1) is 0 Å². The predicted octanol–water partition coefficient (Wildman–Crippen LogP) is 5.72. The third kappa shape index (κ3) is 1.84. The van der Waals surface area contributed by atoms with Crippen molar-refractivity contribution in [3.8, 4) is 16.9 Å². The molecule has 1 aliphatic heterocycles. The molecule has 0 bridgehead atoms. The molecule has 0 atom stereocenters. The number of aryl methyl sites for hydroxylation is 1.